The lowest BCUT2D eigenvalue weighted by molar-refractivity contribution is 0.409. The summed E-state index contributed by atoms with van der Waals surface area (Å²) in [7, 11) is 3.62. The summed E-state index contributed by atoms with van der Waals surface area (Å²) in [5.41, 5.74) is 0.00529. The van der Waals surface area contributed by atoms with Crippen LogP contribution in [0, 0.1) is 17.4 Å². The van der Waals surface area contributed by atoms with Crippen LogP contribution in [0.1, 0.15) is 20.8 Å². The molecule has 0 aromatic carbocycles. The van der Waals surface area contributed by atoms with Gasteiger partial charge in [-0.3, -0.25) is 5.01 Å². The minimum atomic E-state index is 0.00529. The van der Waals surface area contributed by atoms with Crippen LogP contribution in [-0.2, 0) is 0 Å². The highest BCUT2D eigenvalue weighted by molar-refractivity contribution is 5.05. The Bertz CT molecular complexity index is 188. The van der Waals surface area contributed by atoms with Crippen LogP contribution in [0.15, 0.2) is 10.3 Å². The van der Waals surface area contributed by atoms with Gasteiger partial charge in [-0.1, -0.05) is 16.3 Å². The number of rotatable bonds is 1. The molecule has 0 bridgehead atoms. The minimum absolute atomic E-state index is 0.00529. The lowest BCUT2D eigenvalue weighted by Crippen LogP contribution is -2.00. The molecule has 0 saturated carbocycles. The fourth-order valence-electron chi connectivity index (χ4n) is 0.305. The van der Waals surface area contributed by atoms with Gasteiger partial charge < -0.3 is 0 Å². The van der Waals surface area contributed by atoms with Crippen molar-refractivity contribution >= 4 is 0 Å². The lowest BCUT2D eigenvalue weighted by Gasteiger charge is -2.05. The average molecular weight is 153 g/mol. The molecule has 62 valence electrons. The maximum absolute atomic E-state index is 3.71. The molecule has 0 amide bonds. The highest BCUT2D eigenvalue weighted by atomic mass is 15.5. The van der Waals surface area contributed by atoms with Gasteiger partial charge in [-0.15, -0.1) is 0 Å². The van der Waals surface area contributed by atoms with Crippen LogP contribution in [0.3, 0.4) is 0 Å². The van der Waals surface area contributed by atoms with Crippen molar-refractivity contribution in [2.24, 2.45) is 15.8 Å². The van der Waals surface area contributed by atoms with Gasteiger partial charge in [-0.05, 0) is 20.8 Å². The van der Waals surface area contributed by atoms with Gasteiger partial charge in [0.1, 0.15) is 0 Å². The molecule has 0 atom stereocenters. The van der Waals surface area contributed by atoms with Crippen molar-refractivity contribution in [3.8, 4) is 12.0 Å². The zero-order chi connectivity index (χ0) is 8.91. The zero-order valence-corrected chi connectivity index (χ0v) is 7.84. The molecule has 0 heterocycles. The summed E-state index contributed by atoms with van der Waals surface area (Å²) >= 11 is 0. The fourth-order valence-corrected chi connectivity index (χ4v) is 0.305. The van der Waals surface area contributed by atoms with Crippen LogP contribution >= 0.6 is 0 Å². The van der Waals surface area contributed by atoms with E-state index in [0.29, 0.717) is 0 Å². The van der Waals surface area contributed by atoms with Gasteiger partial charge in [0.25, 0.3) is 0 Å². The summed E-state index contributed by atoms with van der Waals surface area (Å²) in [5.74, 6) is 2.94. The van der Waals surface area contributed by atoms with Gasteiger partial charge in [0.15, 0.2) is 0 Å². The van der Waals surface area contributed by atoms with Crippen molar-refractivity contribution in [2.75, 3.05) is 14.1 Å². The second kappa shape index (κ2) is 3.97. The molecular formula is C8H15N3. The molecule has 0 fully saturated rings. The van der Waals surface area contributed by atoms with Crippen LogP contribution in [0.25, 0.3) is 0 Å². The molecule has 0 aliphatic carbocycles. The van der Waals surface area contributed by atoms with E-state index < -0.39 is 0 Å². The van der Waals surface area contributed by atoms with Gasteiger partial charge in [0.2, 0.25) is 0 Å². The normalized spacial score (nSPS) is 11.0. The Morgan fingerprint density at radius 2 is 1.73 bits per heavy atom. The highest BCUT2D eigenvalue weighted by Gasteiger charge is 2.02. The predicted molar refractivity (Wildman–Crippen MR) is 45.8 cm³/mol. The maximum Gasteiger partial charge on any atom is 0.0599 e. The van der Waals surface area contributed by atoms with E-state index in [0.717, 1.165) is 0 Å². The number of nitrogens with zero attached hydrogens (tertiary/aromatic N) is 3. The van der Waals surface area contributed by atoms with Crippen molar-refractivity contribution in [2.45, 2.75) is 20.8 Å². The highest BCUT2D eigenvalue weighted by Crippen LogP contribution is 2.09. The first-order valence-corrected chi connectivity index (χ1v) is 3.52. The van der Waals surface area contributed by atoms with Crippen LogP contribution in [-0.4, -0.2) is 19.1 Å². The van der Waals surface area contributed by atoms with E-state index in [2.05, 4.69) is 22.3 Å². The molecule has 0 aliphatic heterocycles. The van der Waals surface area contributed by atoms with Crippen LogP contribution in [0.5, 0.6) is 0 Å². The molecule has 11 heavy (non-hydrogen) atoms. The lowest BCUT2D eigenvalue weighted by atomic mass is 9.99. The van der Waals surface area contributed by atoms with E-state index in [9.17, 15) is 0 Å². The Balaban J connectivity index is 3.92. The molecule has 0 aromatic heterocycles. The van der Waals surface area contributed by atoms with E-state index in [-0.39, 0.29) is 5.41 Å². The molecule has 0 spiro atoms. The topological polar surface area (TPSA) is 28.0 Å². The largest absolute Gasteiger partial charge is 0.284 e. The summed E-state index contributed by atoms with van der Waals surface area (Å²) in [5, 5.41) is 8.97. The molecule has 0 unspecified atom stereocenters. The zero-order valence-electron chi connectivity index (χ0n) is 7.84. The molecule has 0 saturated heterocycles. The molecule has 0 N–H and O–H groups in total. The van der Waals surface area contributed by atoms with E-state index in [4.69, 9.17) is 0 Å². The van der Waals surface area contributed by atoms with Gasteiger partial charge in [0.05, 0.1) is 6.04 Å². The van der Waals surface area contributed by atoms with Crippen molar-refractivity contribution in [1.29, 1.82) is 0 Å². The van der Waals surface area contributed by atoms with Crippen LogP contribution < -0.4 is 0 Å². The van der Waals surface area contributed by atoms with E-state index in [1.165, 1.54) is 0 Å². The Morgan fingerprint density at radius 1 is 1.18 bits per heavy atom. The Hall–Kier alpha value is -1.04. The van der Waals surface area contributed by atoms with Crippen LogP contribution in [0.2, 0.25) is 0 Å². The molecule has 3 heteroatoms. The second-order valence-corrected chi connectivity index (χ2v) is 3.52. The third kappa shape index (κ3) is 8.96. The third-order valence-electron chi connectivity index (χ3n) is 0.705. The summed E-state index contributed by atoms with van der Waals surface area (Å²) in [6, 6.07) is 2.62. The third-order valence-corrected chi connectivity index (χ3v) is 0.705. The molecule has 0 aliphatic rings. The van der Waals surface area contributed by atoms with E-state index in [1.54, 1.807) is 5.01 Å². The molecule has 3 nitrogen and oxygen atoms in total. The molecular weight excluding hydrogens is 138 g/mol. The molecule has 0 radical (unpaired) electrons. The van der Waals surface area contributed by atoms with Crippen molar-refractivity contribution in [3.05, 3.63) is 0 Å². The summed E-state index contributed by atoms with van der Waals surface area (Å²) in [6.45, 7) is 6.10. The number of hydrogen-bond acceptors (Lipinski definition) is 2. The minimum Gasteiger partial charge on any atom is -0.284 e. The second-order valence-electron chi connectivity index (χ2n) is 3.52. The first kappa shape index (κ1) is 9.96. The van der Waals surface area contributed by atoms with Gasteiger partial charge in [-0.2, -0.15) is 0 Å². The molecule has 0 aromatic rings. The Labute approximate surface area is 68.5 Å². The molecule has 0 rings (SSSR count). The van der Waals surface area contributed by atoms with Crippen LogP contribution in [0.4, 0.5) is 0 Å². The predicted octanol–water partition coefficient (Wildman–Crippen LogP) is 1.92. The standard InChI is InChI=1S/C8H15N3/c1-8(2,3)6-7-9-10-11(4)5/h1-5H3. The van der Waals surface area contributed by atoms with Crippen molar-refractivity contribution in [3.63, 3.8) is 0 Å². The van der Waals surface area contributed by atoms with E-state index in [1.807, 2.05) is 34.9 Å². The average Bonchev–Trinajstić information content (AvgIpc) is 1.78. The summed E-state index contributed by atoms with van der Waals surface area (Å²) in [6.07, 6.45) is 0. The Morgan fingerprint density at radius 3 is 2.09 bits per heavy atom. The fraction of sp³-hybridized carbons (Fsp3) is 0.750. The summed E-state index contributed by atoms with van der Waals surface area (Å²) < 4.78 is 0. The number of hydrogen-bond donors (Lipinski definition) is 0. The first-order chi connectivity index (χ1) is 4.92. The Kier molecular flexibility index (Phi) is 3.59. The maximum atomic E-state index is 3.71. The smallest absolute Gasteiger partial charge is 0.0599 e. The SMILES string of the molecule is CN(C)N=NC#CC(C)(C)C. The van der Waals surface area contributed by atoms with E-state index >= 15 is 0 Å². The monoisotopic (exact) mass is 153 g/mol. The van der Waals surface area contributed by atoms with Gasteiger partial charge >= 0.3 is 0 Å². The first-order valence-electron chi connectivity index (χ1n) is 3.52. The van der Waals surface area contributed by atoms with Gasteiger partial charge in [0, 0.05) is 19.5 Å². The van der Waals surface area contributed by atoms with Gasteiger partial charge in [-0.25, -0.2) is 0 Å². The summed E-state index contributed by atoms with van der Waals surface area (Å²) in [4.78, 5) is 0. The quantitative estimate of drug-likeness (QED) is 0.321. The van der Waals surface area contributed by atoms with Crippen molar-refractivity contribution in [1.82, 2.24) is 5.01 Å². The van der Waals surface area contributed by atoms with Crippen molar-refractivity contribution < 1.29 is 0 Å².